The lowest BCUT2D eigenvalue weighted by molar-refractivity contribution is 0.229. The van der Waals surface area contributed by atoms with E-state index in [1.807, 2.05) is 19.1 Å². The van der Waals surface area contributed by atoms with Crippen LogP contribution in [0.4, 0.5) is 0 Å². The van der Waals surface area contributed by atoms with E-state index in [9.17, 15) is 5.11 Å². The summed E-state index contributed by atoms with van der Waals surface area (Å²) >= 11 is 0. The summed E-state index contributed by atoms with van der Waals surface area (Å²) in [5.41, 5.74) is 1.90. The third-order valence-electron chi connectivity index (χ3n) is 3.51. The summed E-state index contributed by atoms with van der Waals surface area (Å²) in [6.07, 6.45) is 3.88. The summed E-state index contributed by atoms with van der Waals surface area (Å²) in [4.78, 5) is 0. The molecule has 0 bridgehead atoms. The highest BCUT2D eigenvalue weighted by atomic mass is 16.3. The Morgan fingerprint density at radius 1 is 1.50 bits per heavy atom. The molecule has 0 aliphatic heterocycles. The highest BCUT2D eigenvalue weighted by Crippen LogP contribution is 2.35. The van der Waals surface area contributed by atoms with E-state index in [2.05, 4.69) is 15.5 Å². The molecule has 2 heterocycles. The predicted molar refractivity (Wildman–Crippen MR) is 66.9 cm³/mol. The van der Waals surface area contributed by atoms with E-state index in [1.54, 1.807) is 6.20 Å². The van der Waals surface area contributed by atoms with Crippen LogP contribution in [0, 0.1) is 6.92 Å². The predicted octanol–water partition coefficient (Wildman–Crippen LogP) is 1.59. The maximum Gasteiger partial charge on any atom is 0.152 e. The fourth-order valence-electron chi connectivity index (χ4n) is 2.05. The second-order valence-electron chi connectivity index (χ2n) is 4.97. The van der Waals surface area contributed by atoms with Gasteiger partial charge in [0.2, 0.25) is 0 Å². The van der Waals surface area contributed by atoms with E-state index in [0.29, 0.717) is 6.54 Å². The summed E-state index contributed by atoms with van der Waals surface area (Å²) in [5.74, 6) is 1.68. The fraction of sp³-hybridized carbons (Fsp3) is 0.462. The smallest absolute Gasteiger partial charge is 0.152 e. The second-order valence-corrected chi connectivity index (χ2v) is 4.97. The first-order valence-electron chi connectivity index (χ1n) is 6.17. The molecule has 18 heavy (non-hydrogen) atoms. The van der Waals surface area contributed by atoms with Crippen molar-refractivity contribution in [3.63, 3.8) is 0 Å². The van der Waals surface area contributed by atoms with Crippen molar-refractivity contribution >= 4 is 0 Å². The number of aliphatic hydroxyl groups is 1. The van der Waals surface area contributed by atoms with Crippen LogP contribution < -0.4 is 5.32 Å². The molecule has 1 aliphatic rings. The second kappa shape index (κ2) is 4.26. The number of H-pyrrole nitrogens is 1. The van der Waals surface area contributed by atoms with E-state index >= 15 is 0 Å². The zero-order valence-corrected chi connectivity index (χ0v) is 10.4. The molecule has 0 spiro atoms. The van der Waals surface area contributed by atoms with Gasteiger partial charge in [0, 0.05) is 17.6 Å². The largest absolute Gasteiger partial charge is 0.460 e. The molecule has 0 radical (unpaired) electrons. The number of rotatable bonds is 5. The molecular formula is C13H17N3O2. The fourth-order valence-corrected chi connectivity index (χ4v) is 2.05. The molecule has 1 aliphatic carbocycles. The van der Waals surface area contributed by atoms with E-state index in [4.69, 9.17) is 4.42 Å². The molecule has 3 rings (SSSR count). The molecule has 0 unspecified atom stereocenters. The Kier molecular flexibility index (Phi) is 2.72. The quantitative estimate of drug-likeness (QED) is 0.750. The zero-order valence-electron chi connectivity index (χ0n) is 10.4. The molecule has 0 amide bonds. The van der Waals surface area contributed by atoms with Crippen molar-refractivity contribution in [1.82, 2.24) is 15.5 Å². The Hall–Kier alpha value is -1.59. The first-order valence-corrected chi connectivity index (χ1v) is 6.17. The summed E-state index contributed by atoms with van der Waals surface area (Å²) in [6, 6.07) is 3.87. The van der Waals surface area contributed by atoms with Crippen molar-refractivity contribution in [1.29, 1.82) is 0 Å². The van der Waals surface area contributed by atoms with Gasteiger partial charge in [-0.05, 0) is 31.9 Å². The van der Waals surface area contributed by atoms with Gasteiger partial charge in [-0.2, -0.15) is 5.10 Å². The van der Waals surface area contributed by atoms with Crippen molar-refractivity contribution in [2.45, 2.75) is 31.8 Å². The van der Waals surface area contributed by atoms with Crippen molar-refractivity contribution in [3.05, 3.63) is 29.7 Å². The third kappa shape index (κ3) is 2.07. The number of aryl methyl sites for hydroxylation is 1. The Labute approximate surface area is 105 Å². The molecule has 0 atom stereocenters. The maximum absolute atomic E-state index is 9.27. The third-order valence-corrected chi connectivity index (χ3v) is 3.51. The number of aliphatic hydroxyl groups excluding tert-OH is 1. The molecule has 2 aromatic heterocycles. The molecule has 1 saturated carbocycles. The summed E-state index contributed by atoms with van der Waals surface area (Å²) in [7, 11) is 0. The van der Waals surface area contributed by atoms with Gasteiger partial charge in [-0.15, -0.1) is 0 Å². The lowest BCUT2D eigenvalue weighted by atomic mass is 10.2. The summed E-state index contributed by atoms with van der Waals surface area (Å²) in [6.45, 7) is 2.80. The molecule has 1 fully saturated rings. The molecular weight excluding hydrogens is 230 g/mol. The minimum atomic E-state index is -0.0619. The SMILES string of the molecule is Cc1ccc(-c2[nH]ncc2CNC2(CO)CC2)o1. The minimum Gasteiger partial charge on any atom is -0.460 e. The van der Waals surface area contributed by atoms with Gasteiger partial charge in [-0.25, -0.2) is 0 Å². The van der Waals surface area contributed by atoms with E-state index in [1.165, 1.54) is 0 Å². The number of nitrogens with zero attached hydrogens (tertiary/aromatic N) is 1. The van der Waals surface area contributed by atoms with E-state index in [0.717, 1.165) is 35.6 Å². The maximum atomic E-state index is 9.27. The van der Waals surface area contributed by atoms with Crippen LogP contribution in [0.3, 0.4) is 0 Å². The van der Waals surface area contributed by atoms with Crippen LogP contribution in [0.15, 0.2) is 22.7 Å². The number of hydrogen-bond donors (Lipinski definition) is 3. The van der Waals surface area contributed by atoms with Gasteiger partial charge in [0.25, 0.3) is 0 Å². The molecule has 0 aromatic carbocycles. The number of aromatic amines is 1. The van der Waals surface area contributed by atoms with Crippen LogP contribution in [0.2, 0.25) is 0 Å². The van der Waals surface area contributed by atoms with Gasteiger partial charge in [0.05, 0.1) is 12.8 Å². The molecule has 5 nitrogen and oxygen atoms in total. The highest BCUT2D eigenvalue weighted by Gasteiger charge is 2.41. The van der Waals surface area contributed by atoms with Crippen LogP contribution in [-0.2, 0) is 6.54 Å². The molecule has 5 heteroatoms. The zero-order chi connectivity index (χ0) is 12.6. The molecule has 3 N–H and O–H groups in total. The monoisotopic (exact) mass is 247 g/mol. The van der Waals surface area contributed by atoms with Gasteiger partial charge in [-0.1, -0.05) is 0 Å². The average Bonchev–Trinajstić information content (AvgIpc) is 2.80. The van der Waals surface area contributed by atoms with Gasteiger partial charge in [0.15, 0.2) is 5.76 Å². The van der Waals surface area contributed by atoms with Crippen LogP contribution in [-0.4, -0.2) is 27.4 Å². The minimum absolute atomic E-state index is 0.0619. The highest BCUT2D eigenvalue weighted by molar-refractivity contribution is 5.56. The van der Waals surface area contributed by atoms with Gasteiger partial charge >= 0.3 is 0 Å². The summed E-state index contributed by atoms with van der Waals surface area (Å²) in [5, 5.41) is 19.7. The van der Waals surface area contributed by atoms with Crippen LogP contribution >= 0.6 is 0 Å². The van der Waals surface area contributed by atoms with Gasteiger partial charge in [0.1, 0.15) is 11.5 Å². The lowest BCUT2D eigenvalue weighted by Gasteiger charge is -2.13. The van der Waals surface area contributed by atoms with Crippen LogP contribution in [0.1, 0.15) is 24.2 Å². The molecule has 0 saturated heterocycles. The van der Waals surface area contributed by atoms with Crippen LogP contribution in [0.25, 0.3) is 11.5 Å². The lowest BCUT2D eigenvalue weighted by Crippen LogP contribution is -2.34. The summed E-state index contributed by atoms with van der Waals surface area (Å²) < 4.78 is 5.59. The van der Waals surface area contributed by atoms with E-state index < -0.39 is 0 Å². The average molecular weight is 247 g/mol. The molecule has 2 aromatic rings. The van der Waals surface area contributed by atoms with Gasteiger partial charge < -0.3 is 14.8 Å². The Morgan fingerprint density at radius 3 is 2.94 bits per heavy atom. The normalized spacial score (nSPS) is 17.0. The topological polar surface area (TPSA) is 74.1 Å². The first-order chi connectivity index (χ1) is 8.72. The number of nitrogens with one attached hydrogen (secondary N) is 2. The van der Waals surface area contributed by atoms with Crippen molar-refractivity contribution in [3.8, 4) is 11.5 Å². The Bertz CT molecular complexity index is 540. The Balaban J connectivity index is 1.75. The number of furan rings is 1. The van der Waals surface area contributed by atoms with Gasteiger partial charge in [-0.3, -0.25) is 5.10 Å². The number of aromatic nitrogens is 2. The van der Waals surface area contributed by atoms with Crippen LogP contribution in [0.5, 0.6) is 0 Å². The molecule has 96 valence electrons. The Morgan fingerprint density at radius 2 is 2.33 bits per heavy atom. The van der Waals surface area contributed by atoms with Crippen molar-refractivity contribution in [2.24, 2.45) is 0 Å². The van der Waals surface area contributed by atoms with Crippen molar-refractivity contribution < 1.29 is 9.52 Å². The first kappa shape index (κ1) is 11.5. The van der Waals surface area contributed by atoms with E-state index in [-0.39, 0.29) is 12.1 Å². The standard InChI is InChI=1S/C13H17N3O2/c1-9-2-3-11(18-9)12-10(7-15-16-12)6-14-13(8-17)4-5-13/h2-3,7,14,17H,4-6,8H2,1H3,(H,15,16). The number of hydrogen-bond acceptors (Lipinski definition) is 4. The van der Waals surface area contributed by atoms with Crippen molar-refractivity contribution in [2.75, 3.05) is 6.61 Å².